The molecule has 3 heterocycles. The molecule has 1 amide bonds. The summed E-state index contributed by atoms with van der Waals surface area (Å²) in [6, 6.07) is 17.4. The number of nitrogens with zero attached hydrogens (tertiary/aromatic N) is 4. The number of amidine groups is 1. The number of anilines is 2. The second-order valence-corrected chi connectivity index (χ2v) is 8.27. The summed E-state index contributed by atoms with van der Waals surface area (Å²) >= 11 is 0. The number of pyridine rings is 1. The monoisotopic (exact) mass is 531 g/mol. The van der Waals surface area contributed by atoms with Crippen LogP contribution in [-0.4, -0.2) is 61.0 Å². The number of fused-ring (bicyclic) bond motifs is 1. The Morgan fingerprint density at radius 2 is 1.85 bits per heavy atom. The molecule has 2 aromatic carbocycles. The van der Waals surface area contributed by atoms with Crippen LogP contribution in [-0.2, 0) is 14.3 Å². The first-order valence-electron chi connectivity index (χ1n) is 12.6. The zero-order chi connectivity index (χ0) is 27.8. The molecule has 1 saturated heterocycles. The third-order valence-corrected chi connectivity index (χ3v) is 5.82. The SMILES string of the molecule is CC.N=C(O/C(N)=N/C1N=C(c2ccccc2)c2ccccc2NC1=O)c1cc(F)cnc1N1CCOCC1. The number of ether oxygens (including phenoxy) is 2. The Balaban J connectivity index is 0.00000172. The van der Waals surface area contributed by atoms with Gasteiger partial charge in [0, 0.05) is 24.2 Å². The Bertz CT molecular complexity index is 1390. The zero-order valence-electron chi connectivity index (χ0n) is 21.7. The lowest BCUT2D eigenvalue weighted by Crippen LogP contribution is -2.38. The lowest BCUT2D eigenvalue weighted by Gasteiger charge is -2.29. The van der Waals surface area contributed by atoms with Crippen molar-refractivity contribution in [3.05, 3.63) is 89.4 Å². The van der Waals surface area contributed by atoms with E-state index in [9.17, 15) is 9.18 Å². The number of rotatable bonds is 4. The molecule has 1 unspecified atom stereocenters. The molecule has 3 aromatic rings. The van der Waals surface area contributed by atoms with E-state index in [1.807, 2.05) is 67.3 Å². The molecule has 0 aliphatic carbocycles. The Kier molecular flexibility index (Phi) is 8.95. The van der Waals surface area contributed by atoms with E-state index in [1.54, 1.807) is 6.07 Å². The fraction of sp³-hybridized carbons (Fsp3) is 0.250. The molecule has 4 N–H and O–H groups in total. The van der Waals surface area contributed by atoms with Gasteiger partial charge in [0.15, 0.2) is 0 Å². The number of benzodiazepines with no additional fused rings is 1. The van der Waals surface area contributed by atoms with Gasteiger partial charge in [-0.1, -0.05) is 62.4 Å². The van der Waals surface area contributed by atoms with Crippen LogP contribution in [0.15, 0.2) is 76.8 Å². The number of carbonyl (C=O) groups is 1. The molecule has 1 fully saturated rings. The molecule has 2 aliphatic rings. The molecule has 0 spiro atoms. The van der Waals surface area contributed by atoms with Crippen molar-refractivity contribution in [1.29, 1.82) is 5.41 Å². The molecule has 0 saturated carbocycles. The second kappa shape index (κ2) is 12.7. The van der Waals surface area contributed by atoms with Crippen molar-refractivity contribution in [2.45, 2.75) is 20.0 Å². The van der Waals surface area contributed by atoms with E-state index in [1.165, 1.54) is 0 Å². The Hall–Kier alpha value is -4.64. The lowest BCUT2D eigenvalue weighted by atomic mass is 10.0. The maximum atomic E-state index is 14.0. The molecule has 10 nitrogen and oxygen atoms in total. The summed E-state index contributed by atoms with van der Waals surface area (Å²) in [7, 11) is 0. The number of aromatic nitrogens is 1. The number of halogens is 1. The number of para-hydroxylation sites is 1. The van der Waals surface area contributed by atoms with Crippen LogP contribution in [0.1, 0.15) is 30.5 Å². The van der Waals surface area contributed by atoms with Gasteiger partial charge in [-0.3, -0.25) is 10.2 Å². The summed E-state index contributed by atoms with van der Waals surface area (Å²) in [5.41, 5.74) is 8.76. The summed E-state index contributed by atoms with van der Waals surface area (Å²) < 4.78 is 24.8. The predicted molar refractivity (Wildman–Crippen MR) is 149 cm³/mol. The summed E-state index contributed by atoms with van der Waals surface area (Å²) in [6.07, 6.45) is -0.202. The number of aliphatic imine (C=N–C) groups is 2. The molecule has 5 rings (SSSR count). The number of hydrogen-bond acceptors (Lipinski definition) is 8. The molecule has 0 bridgehead atoms. The van der Waals surface area contributed by atoms with Crippen LogP contribution in [0.5, 0.6) is 0 Å². The standard InChI is InChI=1S/C26H24FN7O3.C2H6/c27-17-14-19(24(30-15-17)34-10-12-36-13-11-34)22(28)37-26(29)33-23-25(35)31-20-9-5-4-8-18(20)21(32-23)16-6-2-1-3-7-16;1-2/h1-9,14-15,23,28H,10-13H2,(H2,29,33)(H,31,35);1-2H3. The highest BCUT2D eigenvalue weighted by molar-refractivity contribution is 6.19. The fourth-order valence-electron chi connectivity index (χ4n) is 4.09. The molecule has 202 valence electrons. The van der Waals surface area contributed by atoms with Gasteiger partial charge in [-0.15, -0.1) is 0 Å². The summed E-state index contributed by atoms with van der Waals surface area (Å²) in [5.74, 6) is -1.24. The minimum Gasteiger partial charge on any atom is -0.407 e. The molecule has 1 atom stereocenters. The van der Waals surface area contributed by atoms with Crippen molar-refractivity contribution < 1.29 is 18.7 Å². The van der Waals surface area contributed by atoms with Crippen LogP contribution in [0.25, 0.3) is 0 Å². The molecule has 0 radical (unpaired) electrons. The highest BCUT2D eigenvalue weighted by atomic mass is 19.1. The summed E-state index contributed by atoms with van der Waals surface area (Å²) in [5, 5.41) is 11.2. The number of nitrogens with two attached hydrogens (primary N) is 1. The number of amides is 1. The van der Waals surface area contributed by atoms with Crippen LogP contribution < -0.4 is 16.0 Å². The third-order valence-electron chi connectivity index (χ3n) is 5.82. The highest BCUT2D eigenvalue weighted by Crippen LogP contribution is 2.25. The van der Waals surface area contributed by atoms with Gasteiger partial charge < -0.3 is 25.4 Å². The largest absolute Gasteiger partial charge is 0.407 e. The number of nitrogens with one attached hydrogen (secondary N) is 2. The lowest BCUT2D eigenvalue weighted by molar-refractivity contribution is -0.117. The highest BCUT2D eigenvalue weighted by Gasteiger charge is 2.27. The van der Waals surface area contributed by atoms with Gasteiger partial charge in [0.1, 0.15) is 11.6 Å². The fourth-order valence-corrected chi connectivity index (χ4v) is 4.09. The smallest absolute Gasteiger partial charge is 0.291 e. The van der Waals surface area contributed by atoms with E-state index in [2.05, 4.69) is 20.3 Å². The predicted octanol–water partition coefficient (Wildman–Crippen LogP) is 3.56. The average Bonchev–Trinajstić information content (AvgIpc) is 3.11. The molecule has 2 aliphatic heterocycles. The van der Waals surface area contributed by atoms with Crippen molar-refractivity contribution >= 4 is 35.0 Å². The van der Waals surface area contributed by atoms with E-state index in [0.717, 1.165) is 23.4 Å². The van der Waals surface area contributed by atoms with E-state index in [4.69, 9.17) is 20.6 Å². The quantitative estimate of drug-likeness (QED) is 0.348. The first-order chi connectivity index (χ1) is 19.0. The van der Waals surface area contributed by atoms with Crippen molar-refractivity contribution in [3.8, 4) is 0 Å². The number of carbonyl (C=O) groups excluding carboxylic acids is 1. The molecular formula is C28H30FN7O3. The third kappa shape index (κ3) is 6.44. The van der Waals surface area contributed by atoms with E-state index >= 15 is 0 Å². The van der Waals surface area contributed by atoms with Gasteiger partial charge in [-0.2, -0.15) is 4.99 Å². The van der Waals surface area contributed by atoms with Gasteiger partial charge in [0.05, 0.1) is 36.4 Å². The Labute approximate surface area is 225 Å². The van der Waals surface area contributed by atoms with Crippen molar-refractivity contribution in [2.75, 3.05) is 36.5 Å². The van der Waals surface area contributed by atoms with Crippen LogP contribution in [0.3, 0.4) is 0 Å². The van der Waals surface area contributed by atoms with E-state index in [0.29, 0.717) is 43.5 Å². The van der Waals surface area contributed by atoms with Crippen molar-refractivity contribution in [3.63, 3.8) is 0 Å². The Morgan fingerprint density at radius 1 is 1.15 bits per heavy atom. The van der Waals surface area contributed by atoms with Gasteiger partial charge in [-0.05, 0) is 12.1 Å². The molecule has 1 aromatic heterocycles. The van der Waals surface area contributed by atoms with E-state index < -0.39 is 29.8 Å². The number of benzene rings is 2. The average molecular weight is 532 g/mol. The maximum absolute atomic E-state index is 14.0. The first-order valence-corrected chi connectivity index (χ1v) is 12.6. The second-order valence-electron chi connectivity index (χ2n) is 8.27. The summed E-state index contributed by atoms with van der Waals surface area (Å²) in [6.45, 7) is 6.03. The van der Waals surface area contributed by atoms with Crippen molar-refractivity contribution in [2.24, 2.45) is 15.7 Å². The van der Waals surface area contributed by atoms with Gasteiger partial charge >= 0.3 is 0 Å². The number of hydrogen-bond donors (Lipinski definition) is 3. The topological polar surface area (TPSA) is 138 Å². The van der Waals surface area contributed by atoms with Crippen LogP contribution >= 0.6 is 0 Å². The minimum absolute atomic E-state index is 0.103. The normalized spacial score (nSPS) is 17.1. The van der Waals surface area contributed by atoms with Crippen LogP contribution in [0.2, 0.25) is 0 Å². The zero-order valence-corrected chi connectivity index (χ0v) is 21.7. The number of morpholine rings is 1. The van der Waals surface area contributed by atoms with Crippen LogP contribution in [0.4, 0.5) is 15.9 Å². The molecule has 39 heavy (non-hydrogen) atoms. The maximum Gasteiger partial charge on any atom is 0.291 e. The first kappa shape index (κ1) is 27.4. The molecule has 11 heteroatoms. The van der Waals surface area contributed by atoms with E-state index in [-0.39, 0.29) is 5.56 Å². The Morgan fingerprint density at radius 3 is 2.59 bits per heavy atom. The van der Waals surface area contributed by atoms with Crippen molar-refractivity contribution in [1.82, 2.24) is 4.98 Å². The summed E-state index contributed by atoms with van der Waals surface area (Å²) in [4.78, 5) is 27.7. The van der Waals surface area contributed by atoms with Gasteiger partial charge in [0.2, 0.25) is 12.1 Å². The minimum atomic E-state index is -1.28. The molecular weight excluding hydrogens is 501 g/mol. The van der Waals surface area contributed by atoms with Crippen LogP contribution in [0, 0.1) is 11.2 Å². The van der Waals surface area contributed by atoms with Gasteiger partial charge in [0.25, 0.3) is 11.9 Å². The van der Waals surface area contributed by atoms with Gasteiger partial charge in [-0.25, -0.2) is 14.4 Å².